The number of likely N-dealkylation sites (tertiary alicyclic amines) is 1. The van der Waals surface area contributed by atoms with Crippen molar-refractivity contribution in [1.82, 2.24) is 9.47 Å². The molecule has 4 rings (SSSR count). The molecule has 148 valence electrons. The van der Waals surface area contributed by atoms with Crippen molar-refractivity contribution in [3.63, 3.8) is 0 Å². The summed E-state index contributed by atoms with van der Waals surface area (Å²) in [5, 5.41) is 9.91. The SMILES string of the molecule is CC(=O)C1(C(C)(C)C)CC2(CCN1C(=O)O)Oc1ccccc1-n1cccc12. The molecule has 1 aromatic carbocycles. The van der Waals surface area contributed by atoms with Crippen molar-refractivity contribution in [2.24, 2.45) is 5.41 Å². The number of aromatic nitrogens is 1. The van der Waals surface area contributed by atoms with Gasteiger partial charge in [-0.3, -0.25) is 9.69 Å². The summed E-state index contributed by atoms with van der Waals surface area (Å²) < 4.78 is 8.68. The molecule has 1 fully saturated rings. The minimum absolute atomic E-state index is 0.151. The number of carbonyl (C=O) groups is 2. The summed E-state index contributed by atoms with van der Waals surface area (Å²) in [6, 6.07) is 11.8. The fraction of sp³-hybridized carbons (Fsp3) is 0.455. The number of nitrogens with zero attached hydrogens (tertiary/aromatic N) is 2. The van der Waals surface area contributed by atoms with Crippen LogP contribution in [0.4, 0.5) is 4.79 Å². The molecule has 1 aromatic heterocycles. The molecular weight excluding hydrogens is 356 g/mol. The molecular formula is C22H26N2O4. The number of ether oxygens (including phenoxy) is 1. The van der Waals surface area contributed by atoms with Crippen molar-refractivity contribution in [3.05, 3.63) is 48.3 Å². The highest BCUT2D eigenvalue weighted by molar-refractivity contribution is 5.91. The Labute approximate surface area is 164 Å². The van der Waals surface area contributed by atoms with Gasteiger partial charge in [-0.1, -0.05) is 32.9 Å². The number of rotatable bonds is 1. The van der Waals surface area contributed by atoms with Gasteiger partial charge in [0, 0.05) is 25.6 Å². The van der Waals surface area contributed by atoms with Crippen LogP contribution in [0.3, 0.4) is 0 Å². The van der Waals surface area contributed by atoms with E-state index >= 15 is 0 Å². The van der Waals surface area contributed by atoms with Gasteiger partial charge in [-0.05, 0) is 36.6 Å². The molecule has 1 spiro atoms. The summed E-state index contributed by atoms with van der Waals surface area (Å²) in [7, 11) is 0. The zero-order valence-electron chi connectivity index (χ0n) is 16.7. The van der Waals surface area contributed by atoms with Crippen molar-refractivity contribution in [1.29, 1.82) is 0 Å². The van der Waals surface area contributed by atoms with E-state index in [1.165, 1.54) is 11.8 Å². The quantitative estimate of drug-likeness (QED) is 0.802. The van der Waals surface area contributed by atoms with Gasteiger partial charge in [0.2, 0.25) is 0 Å². The lowest BCUT2D eigenvalue weighted by Gasteiger charge is -2.57. The average molecular weight is 382 g/mol. The summed E-state index contributed by atoms with van der Waals surface area (Å²) in [5.74, 6) is 0.600. The van der Waals surface area contributed by atoms with Crippen molar-refractivity contribution in [2.45, 2.75) is 51.7 Å². The molecule has 3 heterocycles. The van der Waals surface area contributed by atoms with E-state index in [-0.39, 0.29) is 18.7 Å². The molecule has 1 N–H and O–H groups in total. The highest BCUT2D eigenvalue weighted by Gasteiger charge is 2.62. The summed E-state index contributed by atoms with van der Waals surface area (Å²) in [5.41, 5.74) is -0.618. The standard InChI is InChI=1S/C22H26N2O4/c1-15(25)22(20(2,3)4)14-21(11-13-24(22)19(26)27)18-10-7-12-23(18)16-8-5-6-9-17(16)28-21/h5-10,12H,11,13-14H2,1-4H3,(H,26,27). The molecule has 2 atom stereocenters. The second kappa shape index (κ2) is 5.87. The van der Waals surface area contributed by atoms with Crippen LogP contribution in [0.1, 0.15) is 46.2 Å². The molecule has 0 radical (unpaired) electrons. The normalized spacial score (nSPS) is 26.4. The number of carbonyl (C=O) groups excluding carboxylic acids is 1. The number of piperidine rings is 1. The second-order valence-corrected chi connectivity index (χ2v) is 8.85. The Morgan fingerprint density at radius 2 is 1.86 bits per heavy atom. The van der Waals surface area contributed by atoms with Crippen LogP contribution in [0.25, 0.3) is 5.69 Å². The van der Waals surface area contributed by atoms with Crippen molar-refractivity contribution >= 4 is 11.9 Å². The van der Waals surface area contributed by atoms with Gasteiger partial charge in [-0.25, -0.2) is 4.79 Å². The Morgan fingerprint density at radius 1 is 1.14 bits per heavy atom. The summed E-state index contributed by atoms with van der Waals surface area (Å²) in [6.45, 7) is 7.52. The molecule has 2 unspecified atom stereocenters. The van der Waals surface area contributed by atoms with Gasteiger partial charge in [0.05, 0.1) is 11.4 Å². The van der Waals surface area contributed by atoms with Crippen LogP contribution in [-0.2, 0) is 10.4 Å². The number of amides is 1. The van der Waals surface area contributed by atoms with Crippen molar-refractivity contribution in [3.8, 4) is 11.4 Å². The molecule has 2 aliphatic rings. The van der Waals surface area contributed by atoms with E-state index in [1.54, 1.807) is 0 Å². The van der Waals surface area contributed by atoms with E-state index in [9.17, 15) is 14.7 Å². The van der Waals surface area contributed by atoms with Crippen LogP contribution in [0.15, 0.2) is 42.6 Å². The second-order valence-electron chi connectivity index (χ2n) is 8.85. The third-order valence-electron chi connectivity index (χ3n) is 6.44. The first-order valence-corrected chi connectivity index (χ1v) is 9.60. The zero-order chi connectivity index (χ0) is 20.3. The fourth-order valence-electron chi connectivity index (χ4n) is 5.13. The topological polar surface area (TPSA) is 71.8 Å². The molecule has 1 amide bonds. The van der Waals surface area contributed by atoms with E-state index in [0.29, 0.717) is 6.42 Å². The minimum Gasteiger partial charge on any atom is -0.479 e. The average Bonchev–Trinajstić information content (AvgIpc) is 3.11. The fourth-order valence-corrected chi connectivity index (χ4v) is 5.13. The van der Waals surface area contributed by atoms with Crippen molar-refractivity contribution in [2.75, 3.05) is 6.54 Å². The monoisotopic (exact) mass is 382 g/mol. The number of ketones is 1. The first-order valence-electron chi connectivity index (χ1n) is 9.60. The number of benzene rings is 1. The number of para-hydroxylation sites is 2. The molecule has 0 saturated carbocycles. The lowest BCUT2D eigenvalue weighted by atomic mass is 9.61. The van der Waals surface area contributed by atoms with Gasteiger partial charge in [0.1, 0.15) is 11.3 Å². The maximum Gasteiger partial charge on any atom is 0.408 e. The van der Waals surface area contributed by atoms with Crippen LogP contribution in [0, 0.1) is 5.41 Å². The van der Waals surface area contributed by atoms with Crippen LogP contribution in [-0.4, -0.2) is 38.5 Å². The van der Waals surface area contributed by atoms with E-state index in [1.807, 2.05) is 63.4 Å². The van der Waals surface area contributed by atoms with E-state index in [2.05, 4.69) is 4.57 Å². The Kier molecular flexibility index (Phi) is 3.90. The maximum atomic E-state index is 13.0. The Bertz CT molecular complexity index is 957. The van der Waals surface area contributed by atoms with Crippen LogP contribution >= 0.6 is 0 Å². The predicted molar refractivity (Wildman–Crippen MR) is 105 cm³/mol. The predicted octanol–water partition coefficient (Wildman–Crippen LogP) is 4.21. The maximum absolute atomic E-state index is 13.0. The van der Waals surface area contributed by atoms with Gasteiger partial charge in [0.25, 0.3) is 0 Å². The lowest BCUT2D eigenvalue weighted by molar-refractivity contribution is -0.153. The third-order valence-corrected chi connectivity index (χ3v) is 6.44. The van der Waals surface area contributed by atoms with Gasteiger partial charge in [-0.2, -0.15) is 0 Å². The van der Waals surface area contributed by atoms with E-state index < -0.39 is 22.6 Å². The Hall–Kier alpha value is -2.76. The number of Topliss-reactive ketones (excluding diaryl/α,β-unsaturated/α-hetero) is 1. The molecule has 0 bridgehead atoms. The minimum atomic E-state index is -1.18. The summed E-state index contributed by atoms with van der Waals surface area (Å²) in [6.07, 6.45) is 1.70. The Morgan fingerprint density at radius 3 is 2.50 bits per heavy atom. The van der Waals surface area contributed by atoms with Crippen LogP contribution in [0.2, 0.25) is 0 Å². The van der Waals surface area contributed by atoms with Gasteiger partial charge in [0.15, 0.2) is 11.4 Å². The largest absolute Gasteiger partial charge is 0.479 e. The first kappa shape index (κ1) is 18.6. The summed E-state index contributed by atoms with van der Waals surface area (Å²) >= 11 is 0. The number of fused-ring (bicyclic) bond motifs is 4. The Balaban J connectivity index is 1.92. The molecule has 6 heteroatoms. The number of carboxylic acid groups (broad SMARTS) is 1. The first-order chi connectivity index (χ1) is 13.1. The molecule has 6 nitrogen and oxygen atoms in total. The van der Waals surface area contributed by atoms with Crippen molar-refractivity contribution < 1.29 is 19.4 Å². The third kappa shape index (κ3) is 2.33. The molecule has 28 heavy (non-hydrogen) atoms. The van der Waals surface area contributed by atoms with Gasteiger partial charge < -0.3 is 14.4 Å². The van der Waals surface area contributed by atoms with E-state index in [4.69, 9.17) is 4.74 Å². The summed E-state index contributed by atoms with van der Waals surface area (Å²) in [4.78, 5) is 26.5. The molecule has 0 aliphatic carbocycles. The molecule has 1 saturated heterocycles. The smallest absolute Gasteiger partial charge is 0.408 e. The van der Waals surface area contributed by atoms with Gasteiger partial charge >= 0.3 is 6.09 Å². The van der Waals surface area contributed by atoms with Gasteiger partial charge in [-0.15, -0.1) is 0 Å². The van der Waals surface area contributed by atoms with Crippen LogP contribution < -0.4 is 4.74 Å². The highest BCUT2D eigenvalue weighted by Crippen LogP contribution is 2.53. The van der Waals surface area contributed by atoms with Crippen LogP contribution in [0.5, 0.6) is 5.75 Å². The number of hydrogen-bond acceptors (Lipinski definition) is 3. The number of hydrogen-bond donors (Lipinski definition) is 1. The zero-order valence-corrected chi connectivity index (χ0v) is 16.7. The molecule has 2 aliphatic heterocycles. The molecule has 2 aromatic rings. The van der Waals surface area contributed by atoms with E-state index in [0.717, 1.165) is 17.1 Å². The lowest BCUT2D eigenvalue weighted by Crippen LogP contribution is -2.70. The highest BCUT2D eigenvalue weighted by atomic mass is 16.5.